The molecule has 0 saturated carbocycles. The van der Waals surface area contributed by atoms with Crippen LogP contribution in [0.5, 0.6) is 0 Å². The van der Waals surface area contributed by atoms with Gasteiger partial charge in [0.1, 0.15) is 0 Å². The second-order valence-electron chi connectivity index (χ2n) is 4.31. The summed E-state index contributed by atoms with van der Waals surface area (Å²) < 4.78 is 4.94. The summed E-state index contributed by atoms with van der Waals surface area (Å²) >= 11 is 0. The molecule has 1 saturated heterocycles. The Labute approximate surface area is 108 Å². The van der Waals surface area contributed by atoms with Crippen LogP contribution in [0.25, 0.3) is 0 Å². The lowest BCUT2D eigenvalue weighted by atomic mass is 10.3. The van der Waals surface area contributed by atoms with E-state index in [1.807, 2.05) is 6.92 Å². The summed E-state index contributed by atoms with van der Waals surface area (Å²) in [5, 5.41) is 2.85. The fourth-order valence-electron chi connectivity index (χ4n) is 1.83. The highest BCUT2D eigenvalue weighted by atomic mass is 16.6. The van der Waals surface area contributed by atoms with Gasteiger partial charge in [-0.1, -0.05) is 6.92 Å². The van der Waals surface area contributed by atoms with Crippen LogP contribution in [-0.4, -0.2) is 67.7 Å². The molecule has 0 aromatic carbocycles. The van der Waals surface area contributed by atoms with E-state index >= 15 is 0 Å². The first-order valence-corrected chi connectivity index (χ1v) is 6.58. The lowest BCUT2D eigenvalue weighted by Gasteiger charge is -2.33. The lowest BCUT2D eigenvalue weighted by molar-refractivity contribution is -0.122. The first-order chi connectivity index (χ1) is 8.67. The molecule has 6 heteroatoms. The molecule has 1 N–H and O–H groups in total. The molecular formula is C12H23N3O3. The molecule has 1 aliphatic heterocycles. The van der Waals surface area contributed by atoms with Crippen LogP contribution in [0.3, 0.4) is 0 Å². The van der Waals surface area contributed by atoms with E-state index < -0.39 is 0 Å². The molecule has 1 heterocycles. The van der Waals surface area contributed by atoms with Crippen molar-refractivity contribution in [2.75, 3.05) is 45.9 Å². The highest BCUT2D eigenvalue weighted by Crippen LogP contribution is 2.03. The molecule has 0 aliphatic carbocycles. The van der Waals surface area contributed by atoms with E-state index in [4.69, 9.17) is 4.74 Å². The van der Waals surface area contributed by atoms with E-state index in [0.29, 0.717) is 26.2 Å². The van der Waals surface area contributed by atoms with Crippen molar-refractivity contribution in [3.8, 4) is 0 Å². The van der Waals surface area contributed by atoms with Gasteiger partial charge in [0.2, 0.25) is 5.91 Å². The lowest BCUT2D eigenvalue weighted by Crippen LogP contribution is -2.51. The summed E-state index contributed by atoms with van der Waals surface area (Å²) in [5.74, 6) is 0.0569. The average molecular weight is 257 g/mol. The molecule has 0 unspecified atom stereocenters. The maximum Gasteiger partial charge on any atom is 0.409 e. The number of amides is 2. The number of carbonyl (C=O) groups excluding carboxylic acids is 2. The molecule has 0 radical (unpaired) electrons. The molecule has 0 bridgehead atoms. The molecule has 0 aromatic heterocycles. The van der Waals surface area contributed by atoms with Gasteiger partial charge in [-0.2, -0.15) is 0 Å². The summed E-state index contributed by atoms with van der Waals surface area (Å²) in [6.07, 6.45) is 0.690. The van der Waals surface area contributed by atoms with Crippen molar-refractivity contribution in [2.24, 2.45) is 0 Å². The van der Waals surface area contributed by atoms with Gasteiger partial charge in [0.05, 0.1) is 13.2 Å². The van der Waals surface area contributed by atoms with Gasteiger partial charge in [-0.05, 0) is 13.3 Å². The Morgan fingerprint density at radius 1 is 1.17 bits per heavy atom. The number of hydrogen-bond donors (Lipinski definition) is 1. The van der Waals surface area contributed by atoms with E-state index in [2.05, 4.69) is 10.2 Å². The number of nitrogens with zero attached hydrogens (tertiary/aromatic N) is 2. The molecule has 2 amide bonds. The van der Waals surface area contributed by atoms with Crippen LogP contribution in [0.4, 0.5) is 4.79 Å². The average Bonchev–Trinajstić information content (AvgIpc) is 2.37. The Morgan fingerprint density at radius 2 is 1.83 bits per heavy atom. The van der Waals surface area contributed by atoms with Gasteiger partial charge < -0.3 is 15.0 Å². The van der Waals surface area contributed by atoms with Crippen molar-refractivity contribution in [1.82, 2.24) is 15.1 Å². The Morgan fingerprint density at radius 3 is 2.39 bits per heavy atom. The summed E-state index contributed by atoms with van der Waals surface area (Å²) in [4.78, 5) is 26.7. The van der Waals surface area contributed by atoms with Gasteiger partial charge >= 0.3 is 6.09 Å². The van der Waals surface area contributed by atoms with E-state index in [-0.39, 0.29) is 12.0 Å². The van der Waals surface area contributed by atoms with Crippen LogP contribution in [0.15, 0.2) is 0 Å². The summed E-state index contributed by atoms with van der Waals surface area (Å²) in [5.41, 5.74) is 0. The largest absolute Gasteiger partial charge is 0.450 e. The zero-order valence-corrected chi connectivity index (χ0v) is 11.3. The minimum atomic E-state index is -0.257. The van der Waals surface area contributed by atoms with Crippen molar-refractivity contribution in [1.29, 1.82) is 0 Å². The molecule has 18 heavy (non-hydrogen) atoms. The number of carbonyl (C=O) groups is 2. The normalized spacial score (nSPS) is 16.4. The number of rotatable bonds is 5. The van der Waals surface area contributed by atoms with Crippen LogP contribution in [0.2, 0.25) is 0 Å². The zero-order chi connectivity index (χ0) is 13.4. The second kappa shape index (κ2) is 7.92. The fraction of sp³-hybridized carbons (Fsp3) is 0.833. The quantitative estimate of drug-likeness (QED) is 0.769. The van der Waals surface area contributed by atoms with Crippen molar-refractivity contribution < 1.29 is 14.3 Å². The molecule has 0 atom stereocenters. The maximum atomic E-state index is 11.5. The molecule has 1 fully saturated rings. The number of nitrogens with one attached hydrogen (secondary N) is 1. The van der Waals surface area contributed by atoms with Crippen LogP contribution in [0, 0.1) is 0 Å². The third-order valence-electron chi connectivity index (χ3n) is 2.84. The third-order valence-corrected chi connectivity index (χ3v) is 2.84. The molecular weight excluding hydrogens is 234 g/mol. The number of ether oxygens (including phenoxy) is 1. The Hall–Kier alpha value is -1.30. The van der Waals surface area contributed by atoms with Crippen LogP contribution in [0.1, 0.15) is 20.3 Å². The van der Waals surface area contributed by atoms with Crippen LogP contribution >= 0.6 is 0 Å². The second-order valence-corrected chi connectivity index (χ2v) is 4.31. The molecule has 1 aliphatic rings. The van der Waals surface area contributed by atoms with E-state index in [1.165, 1.54) is 0 Å². The predicted molar refractivity (Wildman–Crippen MR) is 68.3 cm³/mol. The maximum absolute atomic E-state index is 11.5. The van der Waals surface area contributed by atoms with E-state index in [0.717, 1.165) is 26.1 Å². The SMILES string of the molecule is CCCNC(=O)CN1CCN(C(=O)OCC)CC1. The topological polar surface area (TPSA) is 61.9 Å². The monoisotopic (exact) mass is 257 g/mol. The van der Waals surface area contributed by atoms with Gasteiger partial charge in [0, 0.05) is 32.7 Å². The number of piperazine rings is 1. The fourth-order valence-corrected chi connectivity index (χ4v) is 1.83. The minimum Gasteiger partial charge on any atom is -0.450 e. The van der Waals surface area contributed by atoms with Crippen molar-refractivity contribution >= 4 is 12.0 Å². The molecule has 0 spiro atoms. The summed E-state index contributed by atoms with van der Waals surface area (Å²) in [7, 11) is 0. The van der Waals surface area contributed by atoms with Crippen molar-refractivity contribution in [3.05, 3.63) is 0 Å². The minimum absolute atomic E-state index is 0.0569. The van der Waals surface area contributed by atoms with Gasteiger partial charge in [-0.25, -0.2) is 4.79 Å². The Bertz CT molecular complexity index is 276. The third kappa shape index (κ3) is 4.91. The molecule has 1 rings (SSSR count). The zero-order valence-electron chi connectivity index (χ0n) is 11.3. The van der Waals surface area contributed by atoms with E-state index in [9.17, 15) is 9.59 Å². The van der Waals surface area contributed by atoms with Gasteiger partial charge in [0.15, 0.2) is 0 Å². The van der Waals surface area contributed by atoms with Crippen molar-refractivity contribution in [3.63, 3.8) is 0 Å². The van der Waals surface area contributed by atoms with E-state index in [1.54, 1.807) is 11.8 Å². The molecule has 0 aromatic rings. The molecule has 6 nitrogen and oxygen atoms in total. The highest BCUT2D eigenvalue weighted by Gasteiger charge is 2.22. The predicted octanol–water partition coefficient (Wildman–Crippen LogP) is 0.287. The van der Waals surface area contributed by atoms with Gasteiger partial charge in [-0.3, -0.25) is 9.69 Å². The summed E-state index contributed by atoms with van der Waals surface area (Å²) in [6.45, 7) is 8.05. The standard InChI is InChI=1S/C12H23N3O3/c1-3-5-13-11(16)10-14-6-8-15(9-7-14)12(17)18-4-2/h3-10H2,1-2H3,(H,13,16). The smallest absolute Gasteiger partial charge is 0.409 e. The van der Waals surface area contributed by atoms with Crippen molar-refractivity contribution in [2.45, 2.75) is 20.3 Å². The highest BCUT2D eigenvalue weighted by molar-refractivity contribution is 5.78. The van der Waals surface area contributed by atoms with Crippen LogP contribution < -0.4 is 5.32 Å². The first kappa shape index (κ1) is 14.8. The summed E-state index contributed by atoms with van der Waals surface area (Å²) in [6, 6.07) is 0. The van der Waals surface area contributed by atoms with Crippen LogP contribution in [-0.2, 0) is 9.53 Å². The Balaban J connectivity index is 2.22. The number of hydrogen-bond acceptors (Lipinski definition) is 4. The van der Waals surface area contributed by atoms with Gasteiger partial charge in [-0.15, -0.1) is 0 Å². The first-order valence-electron chi connectivity index (χ1n) is 6.58. The van der Waals surface area contributed by atoms with Gasteiger partial charge in [0.25, 0.3) is 0 Å². The molecule has 104 valence electrons. The Kier molecular flexibility index (Phi) is 6.49.